The normalized spacial score (nSPS) is 16.2. The number of ether oxygens (including phenoxy) is 2. The number of rotatable bonds is 11. The van der Waals surface area contributed by atoms with Crippen LogP contribution in [0.5, 0.6) is 0 Å². The number of hydrogen-bond donors (Lipinski definition) is 1. The predicted molar refractivity (Wildman–Crippen MR) is 136 cm³/mol. The Morgan fingerprint density at radius 2 is 2.11 bits per heavy atom. The topological polar surface area (TPSA) is 98.1 Å². The molecule has 188 valence electrons. The quantitative estimate of drug-likeness (QED) is 0.306. The van der Waals surface area contributed by atoms with Gasteiger partial charge in [0.25, 0.3) is 0 Å². The third-order valence-corrected chi connectivity index (χ3v) is 5.97. The number of nitriles is 1. The van der Waals surface area contributed by atoms with Gasteiger partial charge in [-0.1, -0.05) is 17.0 Å². The summed E-state index contributed by atoms with van der Waals surface area (Å²) < 4.78 is 19.4. The minimum absolute atomic E-state index is 0.164. The van der Waals surface area contributed by atoms with Crippen molar-refractivity contribution in [3.05, 3.63) is 59.8 Å². The molecule has 0 spiro atoms. The fourth-order valence-electron chi connectivity index (χ4n) is 4.07. The van der Waals surface area contributed by atoms with Crippen LogP contribution < -0.4 is 5.32 Å². The fraction of sp³-hybridized carbons (Fsp3) is 0.464. The first-order valence-corrected chi connectivity index (χ1v) is 12.6. The molecule has 0 amide bonds. The predicted octanol–water partition coefficient (Wildman–Crippen LogP) is 4.83. The molecular weight excluding hydrogens is 454 g/mol. The Morgan fingerprint density at radius 1 is 1.22 bits per heavy atom. The van der Waals surface area contributed by atoms with E-state index in [0.717, 1.165) is 80.2 Å². The fourth-order valence-corrected chi connectivity index (χ4v) is 4.07. The number of benzene rings is 1. The number of nitrogens with one attached hydrogen (secondary N) is 1. The Balaban J connectivity index is 1.29. The van der Waals surface area contributed by atoms with Crippen LogP contribution in [0, 0.1) is 23.2 Å². The standard InChI is InChI=1S/C28H33N5O3/c1-22(35-27-9-4-6-19-34-27)28-31-17-18-33(28)21-25-20-26(36-32-25)24-12-10-23(11-13-24)8-3-2-5-15-30-16-7-14-29/h10-13,17-18,20,22,27,30H,2,4-7,9,15-16,19,21H2,1H3/t22-,27?/m0/s1. The van der Waals surface area contributed by atoms with E-state index in [1.54, 1.807) is 6.20 Å². The first kappa shape index (κ1) is 25.7. The molecule has 8 nitrogen and oxygen atoms in total. The first-order chi connectivity index (χ1) is 17.7. The molecule has 1 N–H and O–H groups in total. The van der Waals surface area contributed by atoms with Gasteiger partial charge in [0.05, 0.1) is 12.6 Å². The summed E-state index contributed by atoms with van der Waals surface area (Å²) >= 11 is 0. The lowest BCUT2D eigenvalue weighted by Gasteiger charge is -2.26. The molecule has 1 aliphatic rings. The Kier molecular flexibility index (Phi) is 9.70. The summed E-state index contributed by atoms with van der Waals surface area (Å²) in [4.78, 5) is 4.50. The number of hydrogen-bond acceptors (Lipinski definition) is 7. The van der Waals surface area contributed by atoms with Gasteiger partial charge in [-0.15, -0.1) is 0 Å². The Hall–Kier alpha value is -3.43. The molecule has 3 aromatic rings. The molecule has 3 heterocycles. The van der Waals surface area contributed by atoms with Gasteiger partial charge >= 0.3 is 0 Å². The minimum Gasteiger partial charge on any atom is -0.356 e. The highest BCUT2D eigenvalue weighted by atomic mass is 16.7. The van der Waals surface area contributed by atoms with Crippen LogP contribution in [0.1, 0.15) is 68.6 Å². The zero-order chi connectivity index (χ0) is 25.0. The number of aromatic nitrogens is 3. The molecule has 0 radical (unpaired) electrons. The summed E-state index contributed by atoms with van der Waals surface area (Å²) in [5.41, 5.74) is 2.74. The highest BCUT2D eigenvalue weighted by Crippen LogP contribution is 2.25. The van der Waals surface area contributed by atoms with Crippen LogP contribution in [0.3, 0.4) is 0 Å². The molecule has 0 saturated carbocycles. The highest BCUT2D eigenvalue weighted by molar-refractivity contribution is 5.59. The van der Waals surface area contributed by atoms with Crippen molar-refractivity contribution in [2.24, 2.45) is 0 Å². The SMILES string of the molecule is C[C@H](OC1CCCCO1)c1nccn1Cc1cc(-c2ccc(C#CCCCNCCC#N)cc2)on1. The summed E-state index contributed by atoms with van der Waals surface area (Å²) in [6.45, 7) is 4.92. The highest BCUT2D eigenvalue weighted by Gasteiger charge is 2.21. The Bertz CT molecular complexity index is 1180. The van der Waals surface area contributed by atoms with Gasteiger partial charge < -0.3 is 23.9 Å². The van der Waals surface area contributed by atoms with Gasteiger partial charge in [-0.05, 0) is 63.4 Å². The van der Waals surface area contributed by atoms with Crippen molar-refractivity contribution < 1.29 is 14.0 Å². The molecule has 1 fully saturated rings. The molecule has 4 rings (SSSR count). The maximum Gasteiger partial charge on any atom is 0.167 e. The molecule has 8 heteroatoms. The molecule has 2 atom stereocenters. The molecular formula is C28H33N5O3. The van der Waals surface area contributed by atoms with E-state index in [1.165, 1.54) is 0 Å². The van der Waals surface area contributed by atoms with Crippen LogP contribution in [0.15, 0.2) is 47.2 Å². The number of nitrogens with zero attached hydrogens (tertiary/aromatic N) is 4. The molecule has 0 bridgehead atoms. The minimum atomic E-state index is -0.178. The van der Waals surface area contributed by atoms with Crippen LogP contribution in [0.25, 0.3) is 11.3 Å². The summed E-state index contributed by atoms with van der Waals surface area (Å²) in [6, 6.07) is 12.1. The third-order valence-electron chi connectivity index (χ3n) is 5.97. The molecule has 1 saturated heterocycles. The van der Waals surface area contributed by atoms with Gasteiger partial charge in [-0.25, -0.2) is 4.98 Å². The van der Waals surface area contributed by atoms with E-state index in [-0.39, 0.29) is 12.4 Å². The zero-order valence-corrected chi connectivity index (χ0v) is 20.8. The van der Waals surface area contributed by atoms with Crippen molar-refractivity contribution in [1.29, 1.82) is 5.26 Å². The summed E-state index contributed by atoms with van der Waals surface area (Å²) in [5, 5.41) is 16.0. The van der Waals surface area contributed by atoms with Crippen molar-refractivity contribution in [1.82, 2.24) is 20.0 Å². The molecule has 0 aliphatic carbocycles. The summed E-state index contributed by atoms with van der Waals surface area (Å²) in [5.74, 6) is 7.96. The number of unbranched alkanes of at least 4 members (excludes halogenated alkanes) is 1. The molecule has 1 aliphatic heterocycles. The van der Waals surface area contributed by atoms with Crippen LogP contribution in [0.2, 0.25) is 0 Å². The summed E-state index contributed by atoms with van der Waals surface area (Å²) in [7, 11) is 0. The van der Waals surface area contributed by atoms with Gasteiger partial charge in [-0.2, -0.15) is 5.26 Å². The zero-order valence-electron chi connectivity index (χ0n) is 20.8. The second-order valence-corrected chi connectivity index (χ2v) is 8.81. The van der Waals surface area contributed by atoms with Gasteiger partial charge in [-0.3, -0.25) is 0 Å². The van der Waals surface area contributed by atoms with Crippen LogP contribution in [-0.2, 0) is 16.0 Å². The van der Waals surface area contributed by atoms with E-state index >= 15 is 0 Å². The van der Waals surface area contributed by atoms with Crippen molar-refractivity contribution in [2.75, 3.05) is 19.7 Å². The van der Waals surface area contributed by atoms with Crippen molar-refractivity contribution in [2.45, 2.75) is 64.4 Å². The monoisotopic (exact) mass is 487 g/mol. The van der Waals surface area contributed by atoms with Crippen molar-refractivity contribution >= 4 is 0 Å². The van der Waals surface area contributed by atoms with Gasteiger partial charge in [0.1, 0.15) is 17.6 Å². The first-order valence-electron chi connectivity index (χ1n) is 12.6. The van der Waals surface area contributed by atoms with E-state index in [2.05, 4.69) is 33.4 Å². The lowest BCUT2D eigenvalue weighted by Crippen LogP contribution is -2.24. The lowest BCUT2D eigenvalue weighted by molar-refractivity contribution is -0.188. The van der Waals surface area contributed by atoms with Crippen LogP contribution >= 0.6 is 0 Å². The van der Waals surface area contributed by atoms with Crippen LogP contribution in [0.4, 0.5) is 0 Å². The summed E-state index contributed by atoms with van der Waals surface area (Å²) in [6.07, 6.45) is 8.84. The van der Waals surface area contributed by atoms with Crippen LogP contribution in [-0.4, -0.2) is 40.7 Å². The molecule has 1 unspecified atom stereocenters. The average molecular weight is 488 g/mol. The third kappa shape index (κ3) is 7.53. The average Bonchev–Trinajstić information content (AvgIpc) is 3.57. The van der Waals surface area contributed by atoms with Crippen molar-refractivity contribution in [3.63, 3.8) is 0 Å². The molecule has 1 aromatic carbocycles. The van der Waals surface area contributed by atoms with Gasteiger partial charge in [0, 0.05) is 55.6 Å². The Labute approximate surface area is 212 Å². The largest absolute Gasteiger partial charge is 0.356 e. The van der Waals surface area contributed by atoms with Gasteiger partial charge in [0.15, 0.2) is 12.1 Å². The second-order valence-electron chi connectivity index (χ2n) is 8.81. The van der Waals surface area contributed by atoms with Gasteiger partial charge in [0.2, 0.25) is 0 Å². The molecule has 2 aromatic heterocycles. The van der Waals surface area contributed by atoms with E-state index < -0.39 is 0 Å². The number of imidazole rings is 1. The maximum atomic E-state index is 8.52. The van der Waals surface area contributed by atoms with E-state index in [0.29, 0.717) is 13.0 Å². The van der Waals surface area contributed by atoms with Crippen molar-refractivity contribution in [3.8, 4) is 29.2 Å². The lowest BCUT2D eigenvalue weighted by atomic mass is 10.1. The smallest absolute Gasteiger partial charge is 0.167 e. The molecule has 36 heavy (non-hydrogen) atoms. The van der Waals surface area contributed by atoms with E-state index in [9.17, 15) is 0 Å². The van der Waals surface area contributed by atoms with E-state index in [4.69, 9.17) is 19.3 Å². The maximum absolute atomic E-state index is 8.52. The van der Waals surface area contributed by atoms with E-state index in [1.807, 2.05) is 48.0 Å². The second kappa shape index (κ2) is 13.6. The Morgan fingerprint density at radius 3 is 2.92 bits per heavy atom.